The van der Waals surface area contributed by atoms with Crippen LogP contribution in [0.5, 0.6) is 5.88 Å². The zero-order valence-corrected chi connectivity index (χ0v) is 18.9. The number of carbonyl (C=O) groups excluding carboxylic acids is 1. The van der Waals surface area contributed by atoms with E-state index in [0.29, 0.717) is 18.0 Å². The lowest BCUT2D eigenvalue weighted by Gasteiger charge is -2.09. The molecule has 4 aromatic rings. The van der Waals surface area contributed by atoms with E-state index >= 15 is 0 Å². The molecule has 0 spiro atoms. The summed E-state index contributed by atoms with van der Waals surface area (Å²) in [6.45, 7) is 2.03. The average molecular weight is 477 g/mol. The fourth-order valence-electron chi connectivity index (χ4n) is 2.86. The Balaban J connectivity index is 1.40. The maximum Gasteiger partial charge on any atom is 0.274 e. The monoisotopic (exact) mass is 476 g/mol. The molecular weight excluding hydrogens is 456 g/mol. The van der Waals surface area contributed by atoms with E-state index in [0.717, 1.165) is 5.56 Å². The molecule has 1 amide bonds. The largest absolute Gasteiger partial charge is 0.473 e. The SMILES string of the molecule is Cc1ccnc(NS(=O)(=O)c2ccc(NC(=O)c3cc(OCc4ccccc4)ncn3)cc2)n1. The third kappa shape index (κ3) is 5.90. The van der Waals surface area contributed by atoms with Crippen LogP contribution < -0.4 is 14.8 Å². The minimum absolute atomic E-state index is 0.00533. The summed E-state index contributed by atoms with van der Waals surface area (Å²) in [4.78, 5) is 28.5. The van der Waals surface area contributed by atoms with Gasteiger partial charge < -0.3 is 10.1 Å². The topological polar surface area (TPSA) is 136 Å². The van der Waals surface area contributed by atoms with Crippen LogP contribution in [0.3, 0.4) is 0 Å². The quantitative estimate of drug-likeness (QED) is 0.396. The summed E-state index contributed by atoms with van der Waals surface area (Å²) >= 11 is 0. The fourth-order valence-corrected chi connectivity index (χ4v) is 3.81. The first-order chi connectivity index (χ1) is 16.4. The van der Waals surface area contributed by atoms with E-state index in [4.69, 9.17) is 4.74 Å². The summed E-state index contributed by atoms with van der Waals surface area (Å²) in [5.74, 6) is -0.254. The van der Waals surface area contributed by atoms with Crippen LogP contribution >= 0.6 is 0 Å². The van der Waals surface area contributed by atoms with Crippen molar-refractivity contribution in [3.63, 3.8) is 0 Å². The molecule has 0 aliphatic heterocycles. The van der Waals surface area contributed by atoms with Crippen LogP contribution in [-0.2, 0) is 16.6 Å². The molecule has 10 nitrogen and oxygen atoms in total. The van der Waals surface area contributed by atoms with Crippen LogP contribution in [-0.4, -0.2) is 34.3 Å². The van der Waals surface area contributed by atoms with Gasteiger partial charge in [-0.25, -0.2) is 33.1 Å². The number of nitrogens with one attached hydrogen (secondary N) is 2. The van der Waals surface area contributed by atoms with Gasteiger partial charge in [0.05, 0.1) is 4.90 Å². The molecule has 0 bridgehead atoms. The Morgan fingerprint density at radius 3 is 2.47 bits per heavy atom. The van der Waals surface area contributed by atoms with E-state index in [9.17, 15) is 13.2 Å². The van der Waals surface area contributed by atoms with Crippen molar-refractivity contribution in [3.05, 3.63) is 96.2 Å². The summed E-state index contributed by atoms with van der Waals surface area (Å²) in [7, 11) is -3.89. The molecule has 4 rings (SSSR count). The fraction of sp³-hybridized carbons (Fsp3) is 0.0870. The summed E-state index contributed by atoms with van der Waals surface area (Å²) in [6, 6.07) is 18.3. The van der Waals surface area contributed by atoms with Crippen molar-refractivity contribution in [2.45, 2.75) is 18.4 Å². The number of nitrogens with zero attached hydrogens (tertiary/aromatic N) is 4. The Morgan fingerprint density at radius 1 is 0.971 bits per heavy atom. The molecule has 0 radical (unpaired) electrons. The number of hydrogen-bond acceptors (Lipinski definition) is 8. The minimum atomic E-state index is -3.89. The van der Waals surface area contributed by atoms with Gasteiger partial charge in [-0.3, -0.25) is 4.79 Å². The first-order valence-corrected chi connectivity index (χ1v) is 11.6. The Bertz CT molecular complexity index is 1400. The van der Waals surface area contributed by atoms with Gasteiger partial charge in [0.1, 0.15) is 18.6 Å². The lowest BCUT2D eigenvalue weighted by atomic mass is 10.2. The Kier molecular flexibility index (Phi) is 6.74. The molecule has 0 saturated carbocycles. The summed E-state index contributed by atoms with van der Waals surface area (Å²) in [5.41, 5.74) is 2.09. The third-order valence-corrected chi connectivity index (χ3v) is 5.89. The van der Waals surface area contributed by atoms with E-state index in [-0.39, 0.29) is 22.4 Å². The van der Waals surface area contributed by atoms with Crippen LogP contribution in [0.1, 0.15) is 21.7 Å². The van der Waals surface area contributed by atoms with Crippen LogP contribution in [0.2, 0.25) is 0 Å². The highest BCUT2D eigenvalue weighted by molar-refractivity contribution is 7.92. The second kappa shape index (κ2) is 10.0. The van der Waals surface area contributed by atoms with Crippen LogP contribution in [0, 0.1) is 6.92 Å². The van der Waals surface area contributed by atoms with Crippen molar-refractivity contribution in [2.75, 3.05) is 10.0 Å². The van der Waals surface area contributed by atoms with Gasteiger partial charge in [0.25, 0.3) is 15.9 Å². The molecule has 2 heterocycles. The molecular formula is C23H20N6O4S. The lowest BCUT2D eigenvalue weighted by Crippen LogP contribution is -2.16. The standard InChI is InChI=1S/C23H20N6O4S/c1-16-11-12-24-23(27-16)29-34(31,32)19-9-7-18(8-10-19)28-22(30)20-13-21(26-15-25-20)33-14-17-5-3-2-4-6-17/h2-13,15H,14H2,1H3,(H,28,30)(H,24,27,29). The van der Waals surface area contributed by atoms with Gasteiger partial charge in [-0.15, -0.1) is 0 Å². The molecule has 11 heteroatoms. The first kappa shape index (κ1) is 22.8. The maximum atomic E-state index is 12.6. The van der Waals surface area contributed by atoms with Crippen molar-refractivity contribution >= 4 is 27.6 Å². The van der Waals surface area contributed by atoms with E-state index in [1.807, 2.05) is 30.3 Å². The number of hydrogen-bond donors (Lipinski definition) is 2. The zero-order valence-electron chi connectivity index (χ0n) is 18.0. The van der Waals surface area contributed by atoms with Crippen LogP contribution in [0.25, 0.3) is 0 Å². The molecule has 2 N–H and O–H groups in total. The number of amides is 1. The predicted molar refractivity (Wildman–Crippen MR) is 125 cm³/mol. The smallest absolute Gasteiger partial charge is 0.274 e. The van der Waals surface area contributed by atoms with E-state index in [2.05, 4.69) is 30.0 Å². The highest BCUT2D eigenvalue weighted by Crippen LogP contribution is 2.18. The molecule has 172 valence electrons. The van der Waals surface area contributed by atoms with Gasteiger partial charge in [0.2, 0.25) is 11.8 Å². The molecule has 0 aliphatic rings. The minimum Gasteiger partial charge on any atom is -0.473 e. The number of ether oxygens (including phenoxy) is 1. The molecule has 2 aromatic carbocycles. The molecule has 0 unspecified atom stereocenters. The number of sulfonamides is 1. The Morgan fingerprint density at radius 2 is 1.74 bits per heavy atom. The molecule has 34 heavy (non-hydrogen) atoms. The van der Waals surface area contributed by atoms with Crippen molar-refractivity contribution in [1.29, 1.82) is 0 Å². The third-order valence-electron chi connectivity index (χ3n) is 4.55. The van der Waals surface area contributed by atoms with Crippen molar-refractivity contribution in [3.8, 4) is 5.88 Å². The van der Waals surface area contributed by atoms with Gasteiger partial charge in [-0.05, 0) is 42.8 Å². The molecule has 0 atom stereocenters. The van der Waals surface area contributed by atoms with Gasteiger partial charge >= 0.3 is 0 Å². The summed E-state index contributed by atoms with van der Waals surface area (Å²) in [6.07, 6.45) is 2.70. The molecule has 0 saturated heterocycles. The Hall–Kier alpha value is -4.38. The normalized spacial score (nSPS) is 11.0. The van der Waals surface area contributed by atoms with Gasteiger partial charge in [-0.1, -0.05) is 30.3 Å². The molecule has 0 aliphatic carbocycles. The number of carbonyl (C=O) groups is 1. The highest BCUT2D eigenvalue weighted by atomic mass is 32.2. The van der Waals surface area contributed by atoms with Crippen LogP contribution in [0.4, 0.5) is 11.6 Å². The Labute approximate surface area is 196 Å². The molecule has 2 aromatic heterocycles. The zero-order chi connectivity index (χ0) is 24.0. The van der Waals surface area contributed by atoms with E-state index in [1.54, 1.807) is 13.0 Å². The number of aromatic nitrogens is 4. The lowest BCUT2D eigenvalue weighted by molar-refractivity contribution is 0.102. The van der Waals surface area contributed by atoms with Crippen molar-refractivity contribution in [2.24, 2.45) is 0 Å². The van der Waals surface area contributed by atoms with Crippen molar-refractivity contribution in [1.82, 2.24) is 19.9 Å². The van der Waals surface area contributed by atoms with E-state index in [1.165, 1.54) is 42.9 Å². The second-order valence-corrected chi connectivity index (χ2v) is 8.80. The second-order valence-electron chi connectivity index (χ2n) is 7.12. The summed E-state index contributed by atoms with van der Waals surface area (Å²) in [5, 5.41) is 2.67. The number of rotatable bonds is 8. The molecule has 0 fully saturated rings. The van der Waals surface area contributed by atoms with Gasteiger partial charge in [0, 0.05) is 23.6 Å². The van der Waals surface area contributed by atoms with Gasteiger partial charge in [0.15, 0.2) is 0 Å². The van der Waals surface area contributed by atoms with E-state index < -0.39 is 15.9 Å². The highest BCUT2D eigenvalue weighted by Gasteiger charge is 2.16. The first-order valence-electron chi connectivity index (χ1n) is 10.1. The predicted octanol–water partition coefficient (Wildman–Crippen LogP) is 3.21. The summed E-state index contributed by atoms with van der Waals surface area (Å²) < 4.78 is 33.1. The maximum absolute atomic E-state index is 12.6. The van der Waals surface area contributed by atoms with Crippen molar-refractivity contribution < 1.29 is 17.9 Å². The number of benzene rings is 2. The number of aryl methyl sites for hydroxylation is 1. The average Bonchev–Trinajstić information content (AvgIpc) is 2.84. The van der Waals surface area contributed by atoms with Gasteiger partial charge in [-0.2, -0.15) is 0 Å². The number of anilines is 2. The van der Waals surface area contributed by atoms with Crippen LogP contribution in [0.15, 0.2) is 84.1 Å².